The van der Waals surface area contributed by atoms with Crippen molar-refractivity contribution in [1.82, 2.24) is 0 Å². The van der Waals surface area contributed by atoms with Gasteiger partial charge in [-0.05, 0) is 42.4 Å². The predicted molar refractivity (Wildman–Crippen MR) is 76.8 cm³/mol. The van der Waals surface area contributed by atoms with Gasteiger partial charge in [-0.25, -0.2) is 0 Å². The minimum Gasteiger partial charge on any atom is -0.494 e. The highest BCUT2D eigenvalue weighted by atomic mass is 16.5. The molecule has 0 saturated heterocycles. The number of benzene rings is 1. The normalized spacial score (nSPS) is 13.1. The third-order valence-corrected chi connectivity index (χ3v) is 3.33. The van der Waals surface area contributed by atoms with Gasteiger partial charge in [-0.2, -0.15) is 0 Å². The lowest BCUT2D eigenvalue weighted by molar-refractivity contribution is -0.138. The molecule has 3 heteroatoms. The maximum Gasteiger partial charge on any atom is 0.303 e. The molecule has 0 aromatic heterocycles. The zero-order chi connectivity index (χ0) is 14.6. The zero-order valence-electron chi connectivity index (χ0n) is 12.5. The molecule has 1 atom stereocenters. The van der Waals surface area contributed by atoms with E-state index < -0.39 is 5.97 Å². The molecular weight excluding hydrogens is 240 g/mol. The summed E-state index contributed by atoms with van der Waals surface area (Å²) in [6.07, 6.45) is 0.150. The highest BCUT2D eigenvalue weighted by molar-refractivity contribution is 5.68. The number of carbonyl (C=O) groups is 1. The lowest BCUT2D eigenvalue weighted by atomic mass is 9.74. The van der Waals surface area contributed by atoms with Gasteiger partial charge in [-0.1, -0.05) is 32.9 Å². The molecule has 1 aromatic carbocycles. The minimum atomic E-state index is -0.758. The maximum absolute atomic E-state index is 11.1. The number of carboxylic acid groups (broad SMARTS) is 1. The van der Waals surface area contributed by atoms with Crippen LogP contribution in [0.15, 0.2) is 18.2 Å². The molecule has 1 rings (SSSR count). The summed E-state index contributed by atoms with van der Waals surface area (Å²) in [6, 6.07) is 5.97. The van der Waals surface area contributed by atoms with Gasteiger partial charge in [0.15, 0.2) is 0 Å². The van der Waals surface area contributed by atoms with Crippen molar-refractivity contribution in [1.29, 1.82) is 0 Å². The zero-order valence-corrected chi connectivity index (χ0v) is 12.5. The first kappa shape index (κ1) is 15.5. The van der Waals surface area contributed by atoms with Crippen LogP contribution in [0.5, 0.6) is 5.75 Å². The second kappa shape index (κ2) is 6.09. The number of aryl methyl sites for hydroxylation is 1. The first-order valence-corrected chi connectivity index (χ1v) is 6.70. The highest BCUT2D eigenvalue weighted by Gasteiger charge is 2.28. The Balaban J connectivity index is 3.10. The summed E-state index contributed by atoms with van der Waals surface area (Å²) in [5, 5.41) is 9.09. The predicted octanol–water partition coefficient (Wildman–Crippen LogP) is 4.00. The van der Waals surface area contributed by atoms with Gasteiger partial charge in [0.25, 0.3) is 0 Å². The van der Waals surface area contributed by atoms with E-state index >= 15 is 0 Å². The van der Waals surface area contributed by atoms with Crippen LogP contribution in [-0.4, -0.2) is 17.7 Å². The van der Waals surface area contributed by atoms with Crippen LogP contribution in [0, 0.1) is 12.3 Å². The van der Waals surface area contributed by atoms with Gasteiger partial charge >= 0.3 is 5.97 Å². The van der Waals surface area contributed by atoms with Gasteiger partial charge in [0.05, 0.1) is 13.0 Å². The molecule has 0 aliphatic rings. The van der Waals surface area contributed by atoms with Crippen molar-refractivity contribution < 1.29 is 14.6 Å². The molecule has 0 radical (unpaired) electrons. The van der Waals surface area contributed by atoms with Crippen LogP contribution >= 0.6 is 0 Å². The van der Waals surface area contributed by atoms with E-state index in [1.54, 1.807) is 0 Å². The number of hydrogen-bond donors (Lipinski definition) is 1. The van der Waals surface area contributed by atoms with E-state index in [-0.39, 0.29) is 17.8 Å². The fraction of sp³-hybridized carbons (Fsp3) is 0.562. The largest absolute Gasteiger partial charge is 0.494 e. The molecule has 0 saturated carbocycles. The SMILES string of the molecule is CCOc1ccc(C(CC(=O)O)C(C)(C)C)cc1C. The molecule has 0 fully saturated rings. The molecule has 1 aromatic rings. The molecule has 1 N–H and O–H groups in total. The molecule has 0 bridgehead atoms. The Labute approximate surface area is 115 Å². The number of aliphatic carboxylic acids is 1. The van der Waals surface area contributed by atoms with E-state index in [9.17, 15) is 4.79 Å². The van der Waals surface area contributed by atoms with Crippen LogP contribution in [0.1, 0.15) is 51.2 Å². The fourth-order valence-electron chi connectivity index (χ4n) is 2.31. The second-order valence-corrected chi connectivity index (χ2v) is 5.97. The van der Waals surface area contributed by atoms with Gasteiger partial charge in [0, 0.05) is 0 Å². The van der Waals surface area contributed by atoms with E-state index in [4.69, 9.17) is 9.84 Å². The Kier molecular flexibility index (Phi) is 4.98. The highest BCUT2D eigenvalue weighted by Crippen LogP contribution is 2.39. The van der Waals surface area contributed by atoms with E-state index in [1.807, 2.05) is 32.0 Å². The summed E-state index contributed by atoms with van der Waals surface area (Å²) >= 11 is 0. The van der Waals surface area contributed by atoms with Crippen molar-refractivity contribution in [2.75, 3.05) is 6.61 Å². The van der Waals surface area contributed by atoms with Crippen molar-refractivity contribution in [2.24, 2.45) is 5.41 Å². The number of ether oxygens (including phenoxy) is 1. The second-order valence-electron chi connectivity index (χ2n) is 5.97. The third-order valence-electron chi connectivity index (χ3n) is 3.33. The molecule has 106 valence electrons. The van der Waals surface area contributed by atoms with Gasteiger partial charge in [0.1, 0.15) is 5.75 Å². The first-order chi connectivity index (χ1) is 8.75. The van der Waals surface area contributed by atoms with Crippen molar-refractivity contribution in [3.05, 3.63) is 29.3 Å². The lowest BCUT2D eigenvalue weighted by Gasteiger charge is -2.30. The Bertz CT molecular complexity index is 444. The molecule has 0 heterocycles. The Morgan fingerprint density at radius 2 is 2.00 bits per heavy atom. The smallest absolute Gasteiger partial charge is 0.303 e. The van der Waals surface area contributed by atoms with Crippen molar-refractivity contribution in [2.45, 2.75) is 47.0 Å². The Morgan fingerprint density at radius 3 is 2.42 bits per heavy atom. The molecule has 0 aliphatic heterocycles. The molecule has 1 unspecified atom stereocenters. The minimum absolute atomic E-state index is 0.000577. The Hall–Kier alpha value is -1.51. The van der Waals surface area contributed by atoms with Gasteiger partial charge in [-0.3, -0.25) is 4.79 Å². The van der Waals surface area contributed by atoms with E-state index in [0.29, 0.717) is 6.61 Å². The summed E-state index contributed by atoms with van der Waals surface area (Å²) < 4.78 is 5.52. The maximum atomic E-state index is 11.1. The molecule has 3 nitrogen and oxygen atoms in total. The lowest BCUT2D eigenvalue weighted by Crippen LogP contribution is -2.21. The fourth-order valence-corrected chi connectivity index (χ4v) is 2.31. The molecule has 0 spiro atoms. The average Bonchev–Trinajstić information content (AvgIpc) is 2.27. The molecule has 0 amide bonds. The summed E-state index contributed by atoms with van der Waals surface area (Å²) in [6.45, 7) is 10.8. The van der Waals surface area contributed by atoms with E-state index in [1.165, 1.54) is 0 Å². The summed E-state index contributed by atoms with van der Waals surface area (Å²) in [4.78, 5) is 11.1. The van der Waals surface area contributed by atoms with Crippen LogP contribution in [0.4, 0.5) is 0 Å². The van der Waals surface area contributed by atoms with Crippen LogP contribution in [0.3, 0.4) is 0 Å². The first-order valence-electron chi connectivity index (χ1n) is 6.70. The summed E-state index contributed by atoms with van der Waals surface area (Å²) in [5.74, 6) is 0.111. The third kappa shape index (κ3) is 4.27. The summed E-state index contributed by atoms with van der Waals surface area (Å²) in [7, 11) is 0. The van der Waals surface area contributed by atoms with Crippen molar-refractivity contribution >= 4 is 5.97 Å². The average molecular weight is 264 g/mol. The Morgan fingerprint density at radius 1 is 1.37 bits per heavy atom. The van der Waals surface area contributed by atoms with Gasteiger partial charge in [0.2, 0.25) is 0 Å². The molecular formula is C16H24O3. The number of rotatable bonds is 5. The van der Waals surface area contributed by atoms with E-state index in [2.05, 4.69) is 20.8 Å². The topological polar surface area (TPSA) is 46.5 Å². The molecule has 19 heavy (non-hydrogen) atoms. The molecule has 0 aliphatic carbocycles. The van der Waals surface area contributed by atoms with Crippen LogP contribution in [0.2, 0.25) is 0 Å². The van der Waals surface area contributed by atoms with Crippen LogP contribution < -0.4 is 4.74 Å². The summed E-state index contributed by atoms with van der Waals surface area (Å²) in [5.41, 5.74) is 2.03. The monoisotopic (exact) mass is 264 g/mol. The number of carboxylic acids is 1. The van der Waals surface area contributed by atoms with Crippen molar-refractivity contribution in [3.8, 4) is 5.75 Å². The standard InChI is InChI=1S/C16H24O3/c1-6-19-14-8-7-12(9-11(14)2)13(10-15(17)18)16(3,4)5/h7-9,13H,6,10H2,1-5H3,(H,17,18). The van der Waals surface area contributed by atoms with Crippen molar-refractivity contribution in [3.63, 3.8) is 0 Å². The number of hydrogen-bond acceptors (Lipinski definition) is 2. The van der Waals surface area contributed by atoms with E-state index in [0.717, 1.165) is 16.9 Å². The van der Waals surface area contributed by atoms with Gasteiger partial charge < -0.3 is 9.84 Å². The quantitative estimate of drug-likeness (QED) is 0.874. The van der Waals surface area contributed by atoms with Crippen LogP contribution in [0.25, 0.3) is 0 Å². The van der Waals surface area contributed by atoms with Crippen LogP contribution in [-0.2, 0) is 4.79 Å². The van der Waals surface area contributed by atoms with Gasteiger partial charge in [-0.15, -0.1) is 0 Å².